The zero-order valence-corrected chi connectivity index (χ0v) is 20.7. The Balaban J connectivity index is 1.48. The Kier molecular flexibility index (Phi) is 8.39. The minimum Gasteiger partial charge on any atom is -0.505 e. The molecule has 38 heavy (non-hydrogen) atoms. The van der Waals surface area contributed by atoms with Crippen molar-refractivity contribution in [3.63, 3.8) is 0 Å². The highest BCUT2D eigenvalue weighted by molar-refractivity contribution is 5.91. The number of halogens is 2. The first-order valence-corrected chi connectivity index (χ1v) is 12.0. The monoisotopic (exact) mass is 514 g/mol. The van der Waals surface area contributed by atoms with Gasteiger partial charge in [0.25, 0.3) is 0 Å². The third-order valence-electron chi connectivity index (χ3n) is 5.79. The highest BCUT2D eigenvalue weighted by atomic mass is 19.1. The molecule has 3 aromatic carbocycles. The average Bonchev–Trinajstić information content (AvgIpc) is 2.89. The van der Waals surface area contributed by atoms with Gasteiger partial charge in [0.1, 0.15) is 40.4 Å². The Morgan fingerprint density at radius 3 is 2.47 bits per heavy atom. The second-order valence-corrected chi connectivity index (χ2v) is 8.79. The first-order valence-electron chi connectivity index (χ1n) is 12.0. The zero-order chi connectivity index (χ0) is 27.1. The first-order chi connectivity index (χ1) is 18.3. The fourth-order valence-corrected chi connectivity index (χ4v) is 3.90. The molecule has 0 atom stereocenters. The molecule has 8 heteroatoms. The lowest BCUT2D eigenvalue weighted by Crippen LogP contribution is -2.08. The summed E-state index contributed by atoms with van der Waals surface area (Å²) >= 11 is 0. The predicted molar refractivity (Wildman–Crippen MR) is 139 cm³/mol. The molecule has 0 spiro atoms. The molecule has 0 N–H and O–H groups in total. The SMILES string of the molecule is [C-]#[N+]c1cc2c(Oc3ccc(CC(=O)Cc4ccc(F)cc4)c(F)c3)ccnc2cc1OCCCC(C)=O. The number of hydrogen-bond acceptors (Lipinski definition) is 5. The van der Waals surface area contributed by atoms with Crippen molar-refractivity contribution >= 4 is 28.2 Å². The fourth-order valence-electron chi connectivity index (χ4n) is 3.90. The topological polar surface area (TPSA) is 69.8 Å². The second-order valence-electron chi connectivity index (χ2n) is 8.79. The molecule has 4 aromatic rings. The Hall–Kier alpha value is -4.64. The largest absolute Gasteiger partial charge is 0.505 e. The van der Waals surface area contributed by atoms with E-state index >= 15 is 0 Å². The van der Waals surface area contributed by atoms with Gasteiger partial charge in [-0.25, -0.2) is 13.6 Å². The summed E-state index contributed by atoms with van der Waals surface area (Å²) in [5, 5.41) is 0.550. The maximum Gasteiger partial charge on any atom is 0.229 e. The van der Waals surface area contributed by atoms with Gasteiger partial charge in [0.2, 0.25) is 5.69 Å². The maximum absolute atomic E-state index is 14.8. The number of rotatable bonds is 11. The zero-order valence-electron chi connectivity index (χ0n) is 20.7. The highest BCUT2D eigenvalue weighted by Gasteiger charge is 2.14. The van der Waals surface area contributed by atoms with E-state index in [2.05, 4.69) is 9.83 Å². The average molecular weight is 515 g/mol. The lowest BCUT2D eigenvalue weighted by Gasteiger charge is -2.13. The molecule has 192 valence electrons. The fraction of sp³-hybridized carbons (Fsp3) is 0.200. The summed E-state index contributed by atoms with van der Waals surface area (Å²) in [6.07, 6.45) is 2.45. The van der Waals surface area contributed by atoms with Crippen molar-refractivity contribution in [3.8, 4) is 17.2 Å². The number of fused-ring (bicyclic) bond motifs is 1. The van der Waals surface area contributed by atoms with E-state index in [-0.39, 0.29) is 47.2 Å². The number of aromatic nitrogens is 1. The molecular formula is C30H24F2N2O4. The van der Waals surface area contributed by atoms with E-state index in [1.165, 1.54) is 49.5 Å². The molecule has 0 fully saturated rings. The molecule has 0 bridgehead atoms. The summed E-state index contributed by atoms with van der Waals surface area (Å²) in [4.78, 5) is 31.4. The van der Waals surface area contributed by atoms with Gasteiger partial charge in [-0.05, 0) is 60.9 Å². The van der Waals surface area contributed by atoms with E-state index in [4.69, 9.17) is 16.0 Å². The smallest absolute Gasteiger partial charge is 0.229 e. The van der Waals surface area contributed by atoms with E-state index in [9.17, 15) is 18.4 Å². The van der Waals surface area contributed by atoms with E-state index < -0.39 is 5.82 Å². The van der Waals surface area contributed by atoms with E-state index in [1.807, 2.05) is 0 Å². The van der Waals surface area contributed by atoms with Crippen molar-refractivity contribution in [1.29, 1.82) is 0 Å². The van der Waals surface area contributed by atoms with Crippen LogP contribution in [0.5, 0.6) is 17.2 Å². The Bertz CT molecular complexity index is 1530. The van der Waals surface area contributed by atoms with Crippen LogP contribution in [0, 0.1) is 18.2 Å². The van der Waals surface area contributed by atoms with Crippen molar-refractivity contribution in [2.75, 3.05) is 6.61 Å². The molecular weight excluding hydrogens is 490 g/mol. The second kappa shape index (κ2) is 12.1. The standard InChI is InChI=1S/C30H24F2N2O4/c1-19(35)4-3-13-37-30-18-27-25(17-28(30)33-2)29(11-12-34-27)38-24-10-7-21(26(32)16-24)15-23(36)14-20-5-8-22(31)9-6-20/h5-12,16-18H,3-4,13-15H2,1H3. The van der Waals surface area contributed by atoms with Crippen LogP contribution in [0.3, 0.4) is 0 Å². The first kappa shape index (κ1) is 26.4. The Labute approximate surface area is 218 Å². The van der Waals surface area contributed by atoms with Crippen LogP contribution in [0.1, 0.15) is 30.9 Å². The Morgan fingerprint density at radius 2 is 1.76 bits per heavy atom. The molecule has 4 rings (SSSR count). The molecule has 0 saturated carbocycles. The summed E-state index contributed by atoms with van der Waals surface area (Å²) in [7, 11) is 0. The van der Waals surface area contributed by atoms with Crippen molar-refractivity contribution in [2.45, 2.75) is 32.6 Å². The summed E-state index contributed by atoms with van der Waals surface area (Å²) in [6, 6.07) is 14.7. The molecule has 0 aliphatic rings. The third kappa shape index (κ3) is 6.77. The number of nitrogens with zero attached hydrogens (tertiary/aromatic N) is 2. The number of ether oxygens (including phenoxy) is 2. The molecule has 6 nitrogen and oxygen atoms in total. The van der Waals surface area contributed by atoms with Crippen LogP contribution in [0.2, 0.25) is 0 Å². The Morgan fingerprint density at radius 1 is 0.974 bits per heavy atom. The van der Waals surface area contributed by atoms with Crippen molar-refractivity contribution in [3.05, 3.63) is 101 Å². The van der Waals surface area contributed by atoms with Crippen LogP contribution >= 0.6 is 0 Å². The molecule has 0 amide bonds. The minimum atomic E-state index is -0.587. The lowest BCUT2D eigenvalue weighted by atomic mass is 10.0. The number of hydrogen-bond donors (Lipinski definition) is 0. The number of carbonyl (C=O) groups is 2. The van der Waals surface area contributed by atoms with E-state index in [0.717, 1.165) is 0 Å². The van der Waals surface area contributed by atoms with Crippen LogP contribution < -0.4 is 9.47 Å². The van der Waals surface area contributed by atoms with Crippen LogP contribution in [-0.4, -0.2) is 23.2 Å². The summed E-state index contributed by atoms with van der Waals surface area (Å²) in [6.45, 7) is 9.33. The maximum atomic E-state index is 14.8. The normalized spacial score (nSPS) is 10.7. The number of pyridine rings is 1. The summed E-state index contributed by atoms with van der Waals surface area (Å²) in [5.41, 5.74) is 1.68. The van der Waals surface area contributed by atoms with Crippen molar-refractivity contribution < 1.29 is 27.8 Å². The molecule has 1 heterocycles. The molecule has 0 aliphatic heterocycles. The summed E-state index contributed by atoms with van der Waals surface area (Å²) in [5.74, 6) is -0.138. The van der Waals surface area contributed by atoms with Gasteiger partial charge in [-0.15, -0.1) is 0 Å². The van der Waals surface area contributed by atoms with Gasteiger partial charge in [0, 0.05) is 36.9 Å². The molecule has 0 radical (unpaired) electrons. The van der Waals surface area contributed by atoms with E-state index in [0.29, 0.717) is 47.4 Å². The van der Waals surface area contributed by atoms with Gasteiger partial charge in [-0.3, -0.25) is 9.78 Å². The van der Waals surface area contributed by atoms with Gasteiger partial charge < -0.3 is 14.3 Å². The van der Waals surface area contributed by atoms with Gasteiger partial charge >= 0.3 is 0 Å². The predicted octanol–water partition coefficient (Wildman–Crippen LogP) is 6.96. The molecule has 0 unspecified atom stereocenters. The van der Waals surface area contributed by atoms with Crippen LogP contribution in [0.15, 0.2) is 66.9 Å². The molecule has 1 aromatic heterocycles. The van der Waals surface area contributed by atoms with Gasteiger partial charge in [-0.2, -0.15) is 0 Å². The van der Waals surface area contributed by atoms with Gasteiger partial charge in [0.15, 0.2) is 0 Å². The quantitative estimate of drug-likeness (QED) is 0.160. The van der Waals surface area contributed by atoms with Gasteiger partial charge in [-0.1, -0.05) is 18.2 Å². The highest BCUT2D eigenvalue weighted by Crippen LogP contribution is 2.37. The number of ketones is 2. The summed E-state index contributed by atoms with van der Waals surface area (Å²) < 4.78 is 39.5. The van der Waals surface area contributed by atoms with Crippen LogP contribution in [-0.2, 0) is 22.4 Å². The minimum absolute atomic E-state index is 0.0713. The van der Waals surface area contributed by atoms with E-state index in [1.54, 1.807) is 24.3 Å². The third-order valence-corrected chi connectivity index (χ3v) is 5.79. The van der Waals surface area contributed by atoms with Crippen LogP contribution in [0.4, 0.5) is 14.5 Å². The van der Waals surface area contributed by atoms with Crippen molar-refractivity contribution in [2.24, 2.45) is 0 Å². The lowest BCUT2D eigenvalue weighted by molar-refractivity contribution is -0.118. The molecule has 0 saturated heterocycles. The van der Waals surface area contributed by atoms with Crippen LogP contribution in [0.25, 0.3) is 15.7 Å². The number of benzene rings is 3. The molecule has 0 aliphatic carbocycles. The number of Topliss-reactive ketones (excluding diaryl/α,β-unsaturated/α-hetero) is 2. The van der Waals surface area contributed by atoms with Gasteiger partial charge in [0.05, 0.1) is 18.7 Å². The van der Waals surface area contributed by atoms with Crippen molar-refractivity contribution in [1.82, 2.24) is 4.98 Å². The number of carbonyl (C=O) groups excluding carboxylic acids is 2.